The van der Waals surface area contributed by atoms with Gasteiger partial charge in [-0.3, -0.25) is 9.69 Å². The zero-order valence-electron chi connectivity index (χ0n) is 11.3. The van der Waals surface area contributed by atoms with Crippen LogP contribution in [0.2, 0.25) is 0 Å². The van der Waals surface area contributed by atoms with Crippen LogP contribution in [0.15, 0.2) is 23.9 Å². The second kappa shape index (κ2) is 6.25. The van der Waals surface area contributed by atoms with E-state index in [2.05, 4.69) is 27.9 Å². The molecule has 3 amide bonds. The maximum absolute atomic E-state index is 12.1. The number of hydrogen-bond donors (Lipinski definition) is 1. The van der Waals surface area contributed by atoms with Crippen molar-refractivity contribution in [1.29, 1.82) is 0 Å². The average Bonchev–Trinajstić information content (AvgIpc) is 2.67. The van der Waals surface area contributed by atoms with Gasteiger partial charge in [-0.05, 0) is 52.8 Å². The van der Waals surface area contributed by atoms with Crippen LogP contribution in [-0.4, -0.2) is 30.5 Å². The molecular formula is C14H15IN2O3. The molecule has 0 saturated carbocycles. The van der Waals surface area contributed by atoms with Gasteiger partial charge in [0.2, 0.25) is 0 Å². The molecule has 1 heterocycles. The number of nitrogens with zero attached hydrogens (tertiary/aromatic N) is 1. The van der Waals surface area contributed by atoms with Crippen molar-refractivity contribution in [2.75, 3.05) is 13.7 Å². The van der Waals surface area contributed by atoms with Gasteiger partial charge in [0.05, 0.1) is 10.7 Å². The lowest BCUT2D eigenvalue weighted by Gasteiger charge is -2.08. The summed E-state index contributed by atoms with van der Waals surface area (Å²) in [4.78, 5) is 25.0. The van der Waals surface area contributed by atoms with Gasteiger partial charge in [0.25, 0.3) is 5.91 Å². The Bertz CT molecular complexity index is 584. The molecule has 0 unspecified atom stereocenters. The van der Waals surface area contributed by atoms with Crippen LogP contribution in [0.4, 0.5) is 4.79 Å². The molecule has 0 radical (unpaired) electrons. The van der Waals surface area contributed by atoms with Crippen LogP contribution < -0.4 is 10.1 Å². The summed E-state index contributed by atoms with van der Waals surface area (Å²) in [6, 6.07) is 5.22. The maximum Gasteiger partial charge on any atom is 0.329 e. The van der Waals surface area contributed by atoms with Gasteiger partial charge in [-0.1, -0.05) is 13.0 Å². The molecular weight excluding hydrogens is 371 g/mol. The van der Waals surface area contributed by atoms with Crippen molar-refractivity contribution in [3.63, 3.8) is 0 Å². The van der Waals surface area contributed by atoms with Gasteiger partial charge in [0.15, 0.2) is 0 Å². The highest BCUT2D eigenvalue weighted by Crippen LogP contribution is 2.23. The molecule has 1 N–H and O–H groups in total. The van der Waals surface area contributed by atoms with Crippen molar-refractivity contribution < 1.29 is 14.3 Å². The first kappa shape index (κ1) is 14.8. The third-order valence-electron chi connectivity index (χ3n) is 2.90. The smallest absolute Gasteiger partial charge is 0.329 e. The number of carbonyl (C=O) groups excluding carboxylic acids is 2. The number of methoxy groups -OCH3 is 1. The van der Waals surface area contributed by atoms with Gasteiger partial charge in [-0.2, -0.15) is 0 Å². The Morgan fingerprint density at radius 2 is 2.15 bits per heavy atom. The number of halogens is 1. The molecule has 6 heteroatoms. The zero-order valence-corrected chi connectivity index (χ0v) is 13.4. The lowest BCUT2D eigenvalue weighted by Crippen LogP contribution is -2.31. The molecule has 2 rings (SSSR count). The first-order valence-corrected chi connectivity index (χ1v) is 7.32. The molecule has 1 fully saturated rings. The van der Waals surface area contributed by atoms with Crippen LogP contribution in [0.1, 0.15) is 18.9 Å². The highest BCUT2D eigenvalue weighted by atomic mass is 127. The van der Waals surface area contributed by atoms with E-state index in [9.17, 15) is 9.59 Å². The molecule has 0 aromatic heterocycles. The maximum atomic E-state index is 12.1. The van der Waals surface area contributed by atoms with E-state index < -0.39 is 0 Å². The molecule has 20 heavy (non-hydrogen) atoms. The summed E-state index contributed by atoms with van der Waals surface area (Å²) in [7, 11) is 1.61. The predicted molar refractivity (Wildman–Crippen MR) is 84.2 cm³/mol. The first-order valence-electron chi connectivity index (χ1n) is 6.25. The van der Waals surface area contributed by atoms with Gasteiger partial charge in [-0.25, -0.2) is 4.79 Å². The van der Waals surface area contributed by atoms with Crippen molar-refractivity contribution in [1.82, 2.24) is 10.2 Å². The molecule has 0 bridgehead atoms. The number of hydrogen-bond acceptors (Lipinski definition) is 3. The van der Waals surface area contributed by atoms with E-state index >= 15 is 0 Å². The van der Waals surface area contributed by atoms with E-state index in [-0.39, 0.29) is 11.9 Å². The van der Waals surface area contributed by atoms with Crippen LogP contribution in [-0.2, 0) is 4.79 Å². The number of rotatable bonds is 4. The molecule has 5 nitrogen and oxygen atoms in total. The van der Waals surface area contributed by atoms with E-state index in [1.54, 1.807) is 13.2 Å². The number of benzene rings is 1. The van der Waals surface area contributed by atoms with Crippen molar-refractivity contribution >= 4 is 40.6 Å². The molecule has 1 aliphatic rings. The van der Waals surface area contributed by atoms with E-state index in [1.165, 1.54) is 4.90 Å². The fourth-order valence-electron chi connectivity index (χ4n) is 1.94. The Balaban J connectivity index is 2.26. The molecule has 0 spiro atoms. The number of imide groups is 1. The van der Waals surface area contributed by atoms with E-state index in [0.29, 0.717) is 12.2 Å². The minimum Gasteiger partial charge on any atom is -0.496 e. The summed E-state index contributed by atoms with van der Waals surface area (Å²) in [6.45, 7) is 2.36. The largest absolute Gasteiger partial charge is 0.496 e. The molecule has 0 atom stereocenters. The van der Waals surface area contributed by atoms with Crippen molar-refractivity contribution in [2.24, 2.45) is 0 Å². The summed E-state index contributed by atoms with van der Waals surface area (Å²) in [5.41, 5.74) is 1.15. The van der Waals surface area contributed by atoms with Crippen LogP contribution in [0.25, 0.3) is 6.08 Å². The van der Waals surface area contributed by atoms with E-state index in [4.69, 9.17) is 4.74 Å². The van der Waals surface area contributed by atoms with Crippen LogP contribution >= 0.6 is 22.6 Å². The summed E-state index contributed by atoms with van der Waals surface area (Å²) in [5, 5.41) is 2.60. The Kier molecular flexibility index (Phi) is 4.64. The van der Waals surface area contributed by atoms with Gasteiger partial charge in [0.1, 0.15) is 11.4 Å². The minimum atomic E-state index is -0.355. The third-order valence-corrected chi connectivity index (χ3v) is 3.74. The van der Waals surface area contributed by atoms with Gasteiger partial charge >= 0.3 is 6.03 Å². The highest BCUT2D eigenvalue weighted by Gasteiger charge is 2.32. The Labute approximate surface area is 131 Å². The third kappa shape index (κ3) is 2.95. The molecule has 1 aliphatic heterocycles. The second-order valence-electron chi connectivity index (χ2n) is 4.34. The Morgan fingerprint density at radius 3 is 2.75 bits per heavy atom. The van der Waals surface area contributed by atoms with E-state index in [0.717, 1.165) is 21.3 Å². The minimum absolute atomic E-state index is 0.275. The monoisotopic (exact) mass is 386 g/mol. The first-order chi connectivity index (χ1) is 9.56. The quantitative estimate of drug-likeness (QED) is 0.492. The van der Waals surface area contributed by atoms with Gasteiger partial charge < -0.3 is 10.1 Å². The zero-order chi connectivity index (χ0) is 14.7. The predicted octanol–water partition coefficient (Wildman–Crippen LogP) is 2.60. The number of carbonyl (C=O) groups is 2. The Hall–Kier alpha value is -1.57. The molecule has 1 saturated heterocycles. The Morgan fingerprint density at radius 1 is 1.40 bits per heavy atom. The highest BCUT2D eigenvalue weighted by molar-refractivity contribution is 14.1. The van der Waals surface area contributed by atoms with Crippen LogP contribution in [0, 0.1) is 3.57 Å². The summed E-state index contributed by atoms with van der Waals surface area (Å²) in [5.74, 6) is 0.504. The normalized spacial score (nSPS) is 16.8. The van der Waals surface area contributed by atoms with Crippen molar-refractivity contribution in [2.45, 2.75) is 13.3 Å². The van der Waals surface area contributed by atoms with Gasteiger partial charge in [0, 0.05) is 6.54 Å². The topological polar surface area (TPSA) is 58.6 Å². The number of amides is 3. The SMILES string of the molecule is CCCN1C(=O)N/C(=C/c2ccc(OC)c(I)c2)C1=O. The summed E-state index contributed by atoms with van der Waals surface area (Å²) in [6.07, 6.45) is 2.42. The fraction of sp³-hybridized carbons (Fsp3) is 0.286. The molecule has 106 valence electrons. The summed E-state index contributed by atoms with van der Waals surface area (Å²) >= 11 is 2.16. The van der Waals surface area contributed by atoms with Crippen molar-refractivity contribution in [3.8, 4) is 5.75 Å². The molecule has 1 aromatic carbocycles. The average molecular weight is 386 g/mol. The number of ether oxygens (including phenoxy) is 1. The second-order valence-corrected chi connectivity index (χ2v) is 5.50. The lowest BCUT2D eigenvalue weighted by molar-refractivity contribution is -0.122. The fourth-order valence-corrected chi connectivity index (χ4v) is 2.70. The number of urea groups is 1. The lowest BCUT2D eigenvalue weighted by atomic mass is 10.2. The van der Waals surface area contributed by atoms with Crippen LogP contribution in [0.3, 0.4) is 0 Å². The van der Waals surface area contributed by atoms with Crippen LogP contribution in [0.5, 0.6) is 5.75 Å². The standard InChI is InChI=1S/C14H15IN2O3/c1-3-6-17-13(18)11(16-14(17)19)8-9-4-5-12(20-2)10(15)7-9/h4-5,7-8H,3,6H2,1-2H3,(H,16,19)/b11-8+. The number of nitrogens with one attached hydrogen (secondary N) is 1. The van der Waals surface area contributed by atoms with E-state index in [1.807, 2.05) is 25.1 Å². The summed E-state index contributed by atoms with van der Waals surface area (Å²) < 4.78 is 6.13. The molecule has 1 aromatic rings. The molecule has 0 aliphatic carbocycles. The van der Waals surface area contributed by atoms with Gasteiger partial charge in [-0.15, -0.1) is 0 Å². The van der Waals surface area contributed by atoms with Crippen molar-refractivity contribution in [3.05, 3.63) is 33.0 Å².